The van der Waals surface area contributed by atoms with Gasteiger partial charge in [0, 0.05) is 32.2 Å². The van der Waals surface area contributed by atoms with Gasteiger partial charge < -0.3 is 5.32 Å². The van der Waals surface area contributed by atoms with Crippen molar-refractivity contribution in [3.63, 3.8) is 0 Å². The number of rotatable bonds is 6. The molecule has 1 fully saturated rings. The van der Waals surface area contributed by atoms with Crippen LogP contribution in [0.25, 0.3) is 0 Å². The molecule has 1 aliphatic rings. The van der Waals surface area contributed by atoms with Crippen LogP contribution in [0.3, 0.4) is 0 Å². The highest BCUT2D eigenvalue weighted by Crippen LogP contribution is 2.30. The third-order valence-corrected chi connectivity index (χ3v) is 4.34. The summed E-state index contributed by atoms with van der Waals surface area (Å²) in [6.45, 7) is 8.35. The third-order valence-electron chi connectivity index (χ3n) is 4.34. The van der Waals surface area contributed by atoms with Gasteiger partial charge in [0.05, 0.1) is 0 Å². The van der Waals surface area contributed by atoms with E-state index >= 15 is 0 Å². The SMILES string of the molecule is CCCCC[C@H](c1cccc(F)c1C)N1CCNCC1.Cl. The summed E-state index contributed by atoms with van der Waals surface area (Å²) in [6.07, 6.45) is 4.85. The van der Waals surface area contributed by atoms with Crippen molar-refractivity contribution in [3.8, 4) is 0 Å². The van der Waals surface area contributed by atoms with Gasteiger partial charge in [-0.05, 0) is 30.5 Å². The Balaban J connectivity index is 0.00000220. The lowest BCUT2D eigenvalue weighted by Gasteiger charge is -2.36. The maximum absolute atomic E-state index is 13.9. The highest BCUT2D eigenvalue weighted by Gasteiger charge is 2.23. The molecule has 0 radical (unpaired) electrons. The first-order valence-corrected chi connectivity index (χ1v) is 7.93. The van der Waals surface area contributed by atoms with Gasteiger partial charge in [0.1, 0.15) is 5.82 Å². The molecule has 1 saturated heterocycles. The zero-order valence-corrected chi connectivity index (χ0v) is 14.0. The number of halogens is 2. The molecule has 0 bridgehead atoms. The Morgan fingerprint density at radius 3 is 2.62 bits per heavy atom. The number of unbranched alkanes of at least 4 members (excludes halogenated alkanes) is 2. The lowest BCUT2D eigenvalue weighted by atomic mass is 9.94. The molecule has 4 heteroatoms. The first-order chi connectivity index (χ1) is 9.74. The van der Waals surface area contributed by atoms with Gasteiger partial charge in [0.15, 0.2) is 0 Å². The molecule has 0 amide bonds. The molecule has 2 rings (SSSR count). The van der Waals surface area contributed by atoms with Crippen molar-refractivity contribution in [3.05, 3.63) is 35.1 Å². The smallest absolute Gasteiger partial charge is 0.126 e. The molecular formula is C17H28ClFN2. The molecule has 2 nitrogen and oxygen atoms in total. The first kappa shape index (κ1) is 18.4. The zero-order valence-electron chi connectivity index (χ0n) is 13.2. The summed E-state index contributed by atoms with van der Waals surface area (Å²) in [4.78, 5) is 2.52. The number of hydrogen-bond acceptors (Lipinski definition) is 2. The quantitative estimate of drug-likeness (QED) is 0.796. The molecule has 0 aromatic heterocycles. The van der Waals surface area contributed by atoms with Crippen LogP contribution in [0.4, 0.5) is 4.39 Å². The fourth-order valence-corrected chi connectivity index (χ4v) is 3.10. The number of benzene rings is 1. The summed E-state index contributed by atoms with van der Waals surface area (Å²) in [6, 6.07) is 5.91. The van der Waals surface area contributed by atoms with E-state index in [-0.39, 0.29) is 18.2 Å². The van der Waals surface area contributed by atoms with Crippen LogP contribution in [0.2, 0.25) is 0 Å². The summed E-state index contributed by atoms with van der Waals surface area (Å²) >= 11 is 0. The molecule has 0 spiro atoms. The van der Waals surface area contributed by atoms with Crippen LogP contribution in [0, 0.1) is 12.7 Å². The van der Waals surface area contributed by atoms with Gasteiger partial charge >= 0.3 is 0 Å². The van der Waals surface area contributed by atoms with E-state index in [1.165, 1.54) is 24.8 Å². The van der Waals surface area contributed by atoms with Gasteiger partial charge in [-0.2, -0.15) is 0 Å². The second kappa shape index (κ2) is 9.39. The van der Waals surface area contributed by atoms with E-state index in [2.05, 4.69) is 23.2 Å². The highest BCUT2D eigenvalue weighted by atomic mass is 35.5. The van der Waals surface area contributed by atoms with Gasteiger partial charge in [-0.15, -0.1) is 12.4 Å². The van der Waals surface area contributed by atoms with Gasteiger partial charge in [-0.3, -0.25) is 4.90 Å². The molecule has 1 heterocycles. The normalized spacial score (nSPS) is 17.3. The molecule has 1 N–H and O–H groups in total. The van der Waals surface area contributed by atoms with E-state index in [4.69, 9.17) is 0 Å². The first-order valence-electron chi connectivity index (χ1n) is 7.93. The van der Waals surface area contributed by atoms with E-state index < -0.39 is 0 Å². The minimum absolute atomic E-state index is 0. The van der Waals surface area contributed by atoms with E-state index in [1.54, 1.807) is 6.07 Å². The summed E-state index contributed by atoms with van der Waals surface area (Å²) in [5.41, 5.74) is 2.01. The minimum atomic E-state index is -0.0712. The van der Waals surface area contributed by atoms with Crippen molar-refractivity contribution in [2.24, 2.45) is 0 Å². The lowest BCUT2D eigenvalue weighted by Crippen LogP contribution is -2.45. The Hall–Kier alpha value is -0.640. The average molecular weight is 315 g/mol. The minimum Gasteiger partial charge on any atom is -0.314 e. The monoisotopic (exact) mass is 314 g/mol. The molecular weight excluding hydrogens is 287 g/mol. The van der Waals surface area contributed by atoms with Gasteiger partial charge in [-0.25, -0.2) is 4.39 Å². The van der Waals surface area contributed by atoms with Crippen LogP contribution < -0.4 is 5.32 Å². The maximum Gasteiger partial charge on any atom is 0.126 e. The zero-order chi connectivity index (χ0) is 14.4. The van der Waals surface area contributed by atoms with E-state index in [9.17, 15) is 4.39 Å². The van der Waals surface area contributed by atoms with E-state index in [1.807, 2.05) is 13.0 Å². The second-order valence-electron chi connectivity index (χ2n) is 5.75. The van der Waals surface area contributed by atoms with Gasteiger partial charge in [0.25, 0.3) is 0 Å². The molecule has 1 aliphatic heterocycles. The van der Waals surface area contributed by atoms with Crippen LogP contribution in [-0.4, -0.2) is 31.1 Å². The van der Waals surface area contributed by atoms with Crippen molar-refractivity contribution in [2.45, 2.75) is 45.6 Å². The highest BCUT2D eigenvalue weighted by molar-refractivity contribution is 5.85. The Morgan fingerprint density at radius 2 is 1.95 bits per heavy atom. The standard InChI is InChI=1S/C17H27FN2.ClH/c1-3-4-5-9-17(20-12-10-19-11-13-20)15-7-6-8-16(18)14(15)2;/h6-8,17,19H,3-5,9-13H2,1-2H3;1H/t17-;/m1./s1. The Kier molecular flexibility index (Phi) is 8.23. The lowest BCUT2D eigenvalue weighted by molar-refractivity contribution is 0.162. The molecule has 0 unspecified atom stereocenters. The Labute approximate surface area is 134 Å². The molecule has 1 aromatic rings. The van der Waals surface area contributed by atoms with Crippen LogP contribution in [0.5, 0.6) is 0 Å². The predicted molar refractivity (Wildman–Crippen MR) is 89.7 cm³/mol. The van der Waals surface area contributed by atoms with Gasteiger partial charge in [-0.1, -0.05) is 38.3 Å². The largest absolute Gasteiger partial charge is 0.314 e. The van der Waals surface area contributed by atoms with Crippen molar-refractivity contribution >= 4 is 12.4 Å². The number of piperazine rings is 1. The molecule has 120 valence electrons. The second-order valence-corrected chi connectivity index (χ2v) is 5.75. The van der Waals surface area contributed by atoms with Crippen molar-refractivity contribution in [2.75, 3.05) is 26.2 Å². The molecule has 1 atom stereocenters. The summed E-state index contributed by atoms with van der Waals surface area (Å²) in [7, 11) is 0. The van der Waals surface area contributed by atoms with Crippen LogP contribution >= 0.6 is 12.4 Å². The third kappa shape index (κ3) is 4.94. The van der Waals surface area contributed by atoms with Crippen molar-refractivity contribution in [1.82, 2.24) is 10.2 Å². The van der Waals surface area contributed by atoms with E-state index in [0.29, 0.717) is 6.04 Å². The average Bonchev–Trinajstić information content (AvgIpc) is 2.48. The number of hydrogen-bond donors (Lipinski definition) is 1. The van der Waals surface area contributed by atoms with Crippen LogP contribution in [0.1, 0.15) is 49.8 Å². The van der Waals surface area contributed by atoms with E-state index in [0.717, 1.165) is 38.2 Å². The fraction of sp³-hybridized carbons (Fsp3) is 0.647. The predicted octanol–water partition coefficient (Wildman–Crippen LogP) is 4.08. The topological polar surface area (TPSA) is 15.3 Å². The fourth-order valence-electron chi connectivity index (χ4n) is 3.10. The number of nitrogens with one attached hydrogen (secondary N) is 1. The summed E-state index contributed by atoms with van der Waals surface area (Å²) in [5, 5.41) is 3.40. The molecule has 0 saturated carbocycles. The molecule has 21 heavy (non-hydrogen) atoms. The van der Waals surface area contributed by atoms with Crippen molar-refractivity contribution in [1.29, 1.82) is 0 Å². The van der Waals surface area contributed by atoms with Gasteiger partial charge in [0.2, 0.25) is 0 Å². The maximum atomic E-state index is 13.9. The van der Waals surface area contributed by atoms with Crippen LogP contribution in [0.15, 0.2) is 18.2 Å². The molecule has 1 aromatic carbocycles. The van der Waals surface area contributed by atoms with Crippen molar-refractivity contribution < 1.29 is 4.39 Å². The molecule has 0 aliphatic carbocycles. The summed E-state index contributed by atoms with van der Waals surface area (Å²) in [5.74, 6) is -0.0712. The number of nitrogens with zero attached hydrogens (tertiary/aromatic N) is 1. The summed E-state index contributed by atoms with van der Waals surface area (Å²) < 4.78 is 13.9. The Morgan fingerprint density at radius 1 is 1.24 bits per heavy atom. The Bertz CT molecular complexity index is 419. The van der Waals surface area contributed by atoms with Crippen LogP contribution in [-0.2, 0) is 0 Å².